The molecule has 3 rings (SSSR count). The number of aliphatic hydroxyl groups excluding tert-OH is 1. The van der Waals surface area contributed by atoms with Crippen LogP contribution in [0.25, 0.3) is 5.69 Å². The lowest BCUT2D eigenvalue weighted by Crippen LogP contribution is -2.50. The van der Waals surface area contributed by atoms with Crippen LogP contribution in [0.5, 0.6) is 0 Å². The highest BCUT2D eigenvalue weighted by Gasteiger charge is 2.23. The normalized spacial score (nSPS) is 17.0. The quantitative estimate of drug-likeness (QED) is 0.913. The molecule has 0 aliphatic carbocycles. The summed E-state index contributed by atoms with van der Waals surface area (Å²) < 4.78 is 1.67. The maximum atomic E-state index is 12.6. The van der Waals surface area contributed by atoms with Gasteiger partial charge >= 0.3 is 0 Å². The lowest BCUT2D eigenvalue weighted by molar-refractivity contribution is 0.0554. The molecule has 6 nitrogen and oxygen atoms in total. The molecule has 2 aromatic rings. The summed E-state index contributed by atoms with van der Waals surface area (Å²) in [5.74, 6) is -0.00749. The highest BCUT2D eigenvalue weighted by Crippen LogP contribution is 2.15. The first-order valence-electron chi connectivity index (χ1n) is 8.03. The molecule has 0 bridgehead atoms. The van der Waals surface area contributed by atoms with Crippen molar-refractivity contribution >= 4 is 17.5 Å². The lowest BCUT2D eigenvalue weighted by atomic mass is 10.2. The van der Waals surface area contributed by atoms with E-state index in [4.69, 9.17) is 11.6 Å². The molecule has 0 spiro atoms. The Balaban J connectivity index is 1.63. The van der Waals surface area contributed by atoms with Crippen molar-refractivity contribution in [3.05, 3.63) is 47.2 Å². The number of amides is 1. The number of carbonyl (C=O) groups excluding carboxylic acids is 1. The Labute approximate surface area is 146 Å². The van der Waals surface area contributed by atoms with E-state index in [1.807, 2.05) is 17.0 Å². The highest BCUT2D eigenvalue weighted by atomic mass is 35.5. The Morgan fingerprint density at radius 3 is 2.54 bits per heavy atom. The van der Waals surface area contributed by atoms with Crippen molar-refractivity contribution in [3.8, 4) is 5.69 Å². The second-order valence-corrected chi connectivity index (χ2v) is 6.53. The molecule has 0 radical (unpaired) electrons. The van der Waals surface area contributed by atoms with Gasteiger partial charge in [0.25, 0.3) is 5.91 Å². The third-order valence-electron chi connectivity index (χ3n) is 4.10. The van der Waals surface area contributed by atoms with Crippen molar-refractivity contribution in [3.63, 3.8) is 0 Å². The van der Waals surface area contributed by atoms with Gasteiger partial charge in [-0.05, 0) is 31.2 Å². The summed E-state index contributed by atoms with van der Waals surface area (Å²) in [6.45, 7) is 5.32. The van der Waals surface area contributed by atoms with Crippen LogP contribution in [0.2, 0.25) is 5.02 Å². The number of halogens is 1. The van der Waals surface area contributed by atoms with E-state index in [1.54, 1.807) is 36.1 Å². The third kappa shape index (κ3) is 3.95. The van der Waals surface area contributed by atoms with Crippen molar-refractivity contribution in [1.82, 2.24) is 19.6 Å². The predicted molar refractivity (Wildman–Crippen MR) is 92.6 cm³/mol. The summed E-state index contributed by atoms with van der Waals surface area (Å²) in [4.78, 5) is 16.6. The Morgan fingerprint density at radius 1 is 1.25 bits per heavy atom. The molecule has 1 aliphatic heterocycles. The summed E-state index contributed by atoms with van der Waals surface area (Å²) in [5.41, 5.74) is 1.44. The van der Waals surface area contributed by atoms with Gasteiger partial charge in [-0.15, -0.1) is 0 Å². The van der Waals surface area contributed by atoms with E-state index >= 15 is 0 Å². The molecule has 1 aliphatic rings. The highest BCUT2D eigenvalue weighted by molar-refractivity contribution is 6.30. The fourth-order valence-corrected chi connectivity index (χ4v) is 2.98. The van der Waals surface area contributed by atoms with Crippen LogP contribution in [-0.2, 0) is 0 Å². The molecular weight excluding hydrogens is 328 g/mol. The number of hydrogen-bond donors (Lipinski definition) is 1. The molecule has 1 amide bonds. The van der Waals surface area contributed by atoms with E-state index in [1.165, 1.54) is 0 Å². The Bertz CT molecular complexity index is 691. The smallest absolute Gasteiger partial charge is 0.257 e. The third-order valence-corrected chi connectivity index (χ3v) is 4.35. The maximum absolute atomic E-state index is 12.6. The Hall–Kier alpha value is -1.89. The number of rotatable bonds is 4. The molecule has 1 saturated heterocycles. The minimum Gasteiger partial charge on any atom is -0.392 e. The summed E-state index contributed by atoms with van der Waals surface area (Å²) in [5, 5.41) is 14.4. The summed E-state index contributed by atoms with van der Waals surface area (Å²) in [6, 6.07) is 7.31. The number of carbonyl (C=O) groups is 1. The average molecular weight is 349 g/mol. The van der Waals surface area contributed by atoms with Gasteiger partial charge < -0.3 is 10.0 Å². The zero-order valence-electron chi connectivity index (χ0n) is 13.6. The molecule has 1 N–H and O–H groups in total. The predicted octanol–water partition coefficient (Wildman–Crippen LogP) is 1.66. The number of hydrogen-bond acceptors (Lipinski definition) is 4. The van der Waals surface area contributed by atoms with Gasteiger partial charge in [0, 0.05) is 43.9 Å². The van der Waals surface area contributed by atoms with Gasteiger partial charge in [0.15, 0.2) is 0 Å². The van der Waals surface area contributed by atoms with Gasteiger partial charge in [-0.1, -0.05) is 11.6 Å². The Kier molecular flexibility index (Phi) is 5.18. The van der Waals surface area contributed by atoms with E-state index in [2.05, 4.69) is 10.00 Å². The molecule has 7 heteroatoms. The number of β-amino-alcohol motifs (C(OH)–C–C–N with tert-alkyl or cyclic N) is 1. The summed E-state index contributed by atoms with van der Waals surface area (Å²) >= 11 is 5.89. The molecule has 128 valence electrons. The standard InChI is InChI=1S/C17H21ClN4O2/c1-13(23)11-20-6-8-21(9-7-20)17(24)14-10-19-22(12-14)16-4-2-15(18)3-5-16/h2-5,10,12-13,23H,6-9,11H2,1H3. The van der Waals surface area contributed by atoms with Crippen LogP contribution in [0.4, 0.5) is 0 Å². The minimum atomic E-state index is -0.343. The first-order valence-corrected chi connectivity index (χ1v) is 8.41. The number of benzene rings is 1. The average Bonchev–Trinajstić information content (AvgIpc) is 3.05. The van der Waals surface area contributed by atoms with Gasteiger partial charge in [-0.2, -0.15) is 5.10 Å². The van der Waals surface area contributed by atoms with E-state index in [0.29, 0.717) is 30.2 Å². The SMILES string of the molecule is CC(O)CN1CCN(C(=O)c2cnn(-c3ccc(Cl)cc3)c2)CC1. The second-order valence-electron chi connectivity index (χ2n) is 6.09. The van der Waals surface area contributed by atoms with Crippen LogP contribution in [-0.4, -0.2) is 69.4 Å². The van der Waals surface area contributed by atoms with Gasteiger partial charge in [0.05, 0.1) is 23.6 Å². The van der Waals surface area contributed by atoms with Gasteiger partial charge in [0.1, 0.15) is 0 Å². The van der Waals surface area contributed by atoms with E-state index < -0.39 is 0 Å². The summed E-state index contributed by atoms with van der Waals surface area (Å²) in [7, 11) is 0. The van der Waals surface area contributed by atoms with Crippen molar-refractivity contribution < 1.29 is 9.90 Å². The first-order chi connectivity index (χ1) is 11.5. The Morgan fingerprint density at radius 2 is 1.92 bits per heavy atom. The van der Waals surface area contributed by atoms with Crippen molar-refractivity contribution in [2.45, 2.75) is 13.0 Å². The lowest BCUT2D eigenvalue weighted by Gasteiger charge is -2.35. The molecule has 0 saturated carbocycles. The van der Waals surface area contributed by atoms with Crippen LogP contribution < -0.4 is 0 Å². The monoisotopic (exact) mass is 348 g/mol. The van der Waals surface area contributed by atoms with Crippen LogP contribution in [0.15, 0.2) is 36.7 Å². The van der Waals surface area contributed by atoms with Crippen molar-refractivity contribution in [2.24, 2.45) is 0 Å². The van der Waals surface area contributed by atoms with E-state index in [0.717, 1.165) is 18.8 Å². The van der Waals surface area contributed by atoms with Crippen LogP contribution in [0, 0.1) is 0 Å². The fourth-order valence-electron chi connectivity index (χ4n) is 2.86. The first kappa shape index (κ1) is 17.0. The van der Waals surface area contributed by atoms with Gasteiger partial charge in [-0.3, -0.25) is 9.69 Å². The van der Waals surface area contributed by atoms with Gasteiger partial charge in [-0.25, -0.2) is 4.68 Å². The molecule has 1 aromatic heterocycles. The second kappa shape index (κ2) is 7.34. The van der Waals surface area contributed by atoms with Crippen LogP contribution in [0.1, 0.15) is 17.3 Å². The zero-order valence-corrected chi connectivity index (χ0v) is 14.4. The fraction of sp³-hybridized carbons (Fsp3) is 0.412. The largest absolute Gasteiger partial charge is 0.392 e. The molecule has 1 atom stereocenters. The van der Waals surface area contributed by atoms with Crippen LogP contribution >= 0.6 is 11.6 Å². The molecule has 24 heavy (non-hydrogen) atoms. The number of piperazine rings is 1. The summed E-state index contributed by atoms with van der Waals surface area (Å²) in [6.07, 6.45) is 3.00. The topological polar surface area (TPSA) is 61.6 Å². The molecule has 1 unspecified atom stereocenters. The number of aliphatic hydroxyl groups is 1. The number of aromatic nitrogens is 2. The van der Waals surface area contributed by atoms with Crippen LogP contribution in [0.3, 0.4) is 0 Å². The molecular formula is C17H21ClN4O2. The van der Waals surface area contributed by atoms with Gasteiger partial charge in [0.2, 0.25) is 0 Å². The zero-order chi connectivity index (χ0) is 17.1. The molecule has 1 fully saturated rings. The van der Waals surface area contributed by atoms with E-state index in [9.17, 15) is 9.90 Å². The number of nitrogens with zero attached hydrogens (tertiary/aromatic N) is 4. The van der Waals surface area contributed by atoms with E-state index in [-0.39, 0.29) is 12.0 Å². The minimum absolute atomic E-state index is 0.00749. The molecule has 2 heterocycles. The van der Waals surface area contributed by atoms with Crippen molar-refractivity contribution in [2.75, 3.05) is 32.7 Å². The maximum Gasteiger partial charge on any atom is 0.257 e. The molecule has 1 aromatic carbocycles. The van der Waals surface area contributed by atoms with Crippen molar-refractivity contribution in [1.29, 1.82) is 0 Å².